The first-order valence-electron chi connectivity index (χ1n) is 6.81. The van der Waals surface area contributed by atoms with Crippen molar-refractivity contribution < 1.29 is 18.3 Å². The number of nitrogens with zero attached hydrogens (tertiary/aromatic N) is 1. The zero-order valence-electron chi connectivity index (χ0n) is 12.2. The number of hydrazine groups is 1. The summed E-state index contributed by atoms with van der Waals surface area (Å²) in [7, 11) is -3.68. The minimum atomic E-state index is -3.68. The fourth-order valence-electron chi connectivity index (χ4n) is 2.46. The van der Waals surface area contributed by atoms with Crippen LogP contribution in [0.25, 0.3) is 0 Å². The molecule has 0 aliphatic carbocycles. The maximum Gasteiger partial charge on any atom is 0.273 e. The number of hydrogen-bond acceptors (Lipinski definition) is 5. The standard InChI is InChI=1S/C15H15N3O4S/c1-23(21,22)17-18-14(11-7-3-5-9-13(11)19)16-12-8-4-2-6-10(12)15(18)20/h2-9,14,16-17,19H,1H3/t14-/m0/s1. The van der Waals surface area contributed by atoms with Crippen LogP contribution in [0.3, 0.4) is 0 Å². The van der Waals surface area contributed by atoms with E-state index in [1.54, 1.807) is 42.5 Å². The van der Waals surface area contributed by atoms with E-state index in [1.807, 2.05) is 0 Å². The molecule has 3 rings (SSSR count). The number of phenols is 1. The van der Waals surface area contributed by atoms with Crippen molar-refractivity contribution in [3.63, 3.8) is 0 Å². The van der Waals surface area contributed by atoms with Crippen molar-refractivity contribution >= 4 is 21.6 Å². The van der Waals surface area contributed by atoms with E-state index in [4.69, 9.17) is 0 Å². The molecule has 1 atom stereocenters. The highest BCUT2D eigenvalue weighted by atomic mass is 32.2. The second kappa shape index (κ2) is 5.56. The zero-order chi connectivity index (χ0) is 16.6. The number of benzene rings is 2. The van der Waals surface area contributed by atoms with E-state index in [-0.39, 0.29) is 5.75 Å². The van der Waals surface area contributed by atoms with E-state index in [9.17, 15) is 18.3 Å². The molecule has 23 heavy (non-hydrogen) atoms. The van der Waals surface area contributed by atoms with Crippen molar-refractivity contribution in [3.8, 4) is 5.75 Å². The Bertz CT molecular complexity index is 867. The van der Waals surface area contributed by atoms with Crippen molar-refractivity contribution in [1.82, 2.24) is 9.84 Å². The lowest BCUT2D eigenvalue weighted by Crippen LogP contribution is -2.52. The van der Waals surface area contributed by atoms with Crippen LogP contribution in [-0.4, -0.2) is 30.7 Å². The van der Waals surface area contributed by atoms with Crippen LogP contribution >= 0.6 is 0 Å². The van der Waals surface area contributed by atoms with E-state index in [2.05, 4.69) is 10.1 Å². The molecular weight excluding hydrogens is 318 g/mol. The number of hydrogen-bond donors (Lipinski definition) is 3. The molecule has 1 aliphatic heterocycles. The number of carbonyl (C=O) groups excluding carboxylic acids is 1. The first-order valence-corrected chi connectivity index (χ1v) is 8.70. The number of para-hydroxylation sites is 2. The molecule has 0 unspecified atom stereocenters. The minimum absolute atomic E-state index is 0.0440. The van der Waals surface area contributed by atoms with E-state index >= 15 is 0 Å². The molecular formula is C15H15N3O4S. The Morgan fingerprint density at radius 2 is 1.78 bits per heavy atom. The molecule has 1 aliphatic rings. The summed E-state index contributed by atoms with van der Waals surface area (Å²) in [6, 6.07) is 13.2. The van der Waals surface area contributed by atoms with Gasteiger partial charge in [0.1, 0.15) is 11.9 Å². The third-order valence-corrected chi connectivity index (χ3v) is 3.95. The zero-order valence-corrected chi connectivity index (χ0v) is 13.0. The minimum Gasteiger partial charge on any atom is -0.508 e. The molecule has 8 heteroatoms. The Labute approximate surface area is 133 Å². The predicted octanol–water partition coefficient (Wildman–Crippen LogP) is 1.42. The second-order valence-electron chi connectivity index (χ2n) is 5.19. The molecule has 1 amide bonds. The normalized spacial score (nSPS) is 17.5. The summed E-state index contributed by atoms with van der Waals surface area (Å²) in [5.41, 5.74) is 1.29. The average Bonchev–Trinajstić information content (AvgIpc) is 2.50. The van der Waals surface area contributed by atoms with Gasteiger partial charge in [0.2, 0.25) is 10.0 Å². The number of amides is 1. The van der Waals surface area contributed by atoms with Gasteiger partial charge in [-0.3, -0.25) is 4.79 Å². The van der Waals surface area contributed by atoms with Gasteiger partial charge in [-0.25, -0.2) is 13.4 Å². The SMILES string of the molecule is CS(=O)(=O)NN1C(=O)c2ccccc2N[C@@H]1c1ccccc1O. The van der Waals surface area contributed by atoms with Crippen LogP contribution in [-0.2, 0) is 10.0 Å². The van der Waals surface area contributed by atoms with Crippen LogP contribution < -0.4 is 10.1 Å². The largest absolute Gasteiger partial charge is 0.508 e. The van der Waals surface area contributed by atoms with E-state index < -0.39 is 22.1 Å². The highest BCUT2D eigenvalue weighted by Crippen LogP contribution is 2.35. The summed E-state index contributed by atoms with van der Waals surface area (Å²) in [5.74, 6) is -0.546. The van der Waals surface area contributed by atoms with Crippen LogP contribution in [0.5, 0.6) is 5.75 Å². The summed E-state index contributed by atoms with van der Waals surface area (Å²) < 4.78 is 23.2. The number of nitrogens with one attached hydrogen (secondary N) is 2. The Hall–Kier alpha value is -2.58. The Morgan fingerprint density at radius 3 is 2.48 bits per heavy atom. The van der Waals surface area contributed by atoms with Gasteiger partial charge in [-0.1, -0.05) is 30.3 Å². The van der Waals surface area contributed by atoms with Gasteiger partial charge in [0.15, 0.2) is 0 Å². The van der Waals surface area contributed by atoms with Gasteiger partial charge in [0, 0.05) is 11.3 Å². The van der Waals surface area contributed by atoms with Crippen molar-refractivity contribution in [1.29, 1.82) is 0 Å². The first kappa shape index (κ1) is 15.3. The third kappa shape index (κ3) is 2.99. The fraction of sp³-hybridized carbons (Fsp3) is 0.133. The van der Waals surface area contributed by atoms with Crippen molar-refractivity contribution in [3.05, 3.63) is 59.7 Å². The van der Waals surface area contributed by atoms with Crippen LogP contribution in [0, 0.1) is 0 Å². The Morgan fingerprint density at radius 1 is 1.13 bits per heavy atom. The number of carbonyl (C=O) groups is 1. The van der Waals surface area contributed by atoms with E-state index in [0.717, 1.165) is 11.3 Å². The molecule has 2 aromatic carbocycles. The number of rotatable bonds is 3. The van der Waals surface area contributed by atoms with Crippen LogP contribution in [0.4, 0.5) is 5.69 Å². The lowest BCUT2D eigenvalue weighted by Gasteiger charge is -2.37. The molecule has 1 heterocycles. The van der Waals surface area contributed by atoms with Crippen LogP contribution in [0.1, 0.15) is 22.1 Å². The monoisotopic (exact) mass is 333 g/mol. The maximum absolute atomic E-state index is 12.7. The van der Waals surface area contributed by atoms with E-state index in [0.29, 0.717) is 16.8 Å². The van der Waals surface area contributed by atoms with Gasteiger partial charge >= 0.3 is 0 Å². The fourth-order valence-corrected chi connectivity index (χ4v) is 3.01. The lowest BCUT2D eigenvalue weighted by molar-refractivity contribution is 0.0631. The van der Waals surface area contributed by atoms with Gasteiger partial charge < -0.3 is 10.4 Å². The third-order valence-electron chi connectivity index (χ3n) is 3.42. The number of phenolic OH excluding ortho intramolecular Hbond substituents is 1. The van der Waals surface area contributed by atoms with Gasteiger partial charge in [-0.05, 0) is 18.2 Å². The van der Waals surface area contributed by atoms with Gasteiger partial charge in [-0.2, -0.15) is 0 Å². The molecule has 0 radical (unpaired) electrons. The molecule has 0 saturated heterocycles. The number of fused-ring (bicyclic) bond motifs is 1. The molecule has 0 saturated carbocycles. The average molecular weight is 333 g/mol. The molecule has 0 aromatic heterocycles. The van der Waals surface area contributed by atoms with Crippen LogP contribution in [0.15, 0.2) is 48.5 Å². The molecule has 0 bridgehead atoms. The number of sulfonamides is 1. The Kier molecular flexibility index (Phi) is 3.70. The predicted molar refractivity (Wildman–Crippen MR) is 85.1 cm³/mol. The smallest absolute Gasteiger partial charge is 0.273 e. The molecule has 0 fully saturated rings. The summed E-state index contributed by atoms with van der Waals surface area (Å²) in [6.45, 7) is 0. The first-order chi connectivity index (χ1) is 10.9. The summed E-state index contributed by atoms with van der Waals surface area (Å²) in [6.07, 6.45) is 0.0937. The molecule has 7 nitrogen and oxygen atoms in total. The molecule has 2 aromatic rings. The second-order valence-corrected chi connectivity index (χ2v) is 6.92. The highest BCUT2D eigenvalue weighted by Gasteiger charge is 2.35. The van der Waals surface area contributed by atoms with Gasteiger partial charge in [0.05, 0.1) is 11.8 Å². The quantitative estimate of drug-likeness (QED) is 0.789. The Balaban J connectivity index is 2.12. The summed E-state index contributed by atoms with van der Waals surface area (Å²) >= 11 is 0. The summed E-state index contributed by atoms with van der Waals surface area (Å²) in [5, 5.41) is 14.1. The van der Waals surface area contributed by atoms with Gasteiger partial charge in [0.25, 0.3) is 5.91 Å². The number of anilines is 1. The van der Waals surface area contributed by atoms with Gasteiger partial charge in [-0.15, -0.1) is 4.83 Å². The van der Waals surface area contributed by atoms with Crippen molar-refractivity contribution in [2.45, 2.75) is 6.17 Å². The molecule has 0 spiro atoms. The topological polar surface area (TPSA) is 98.7 Å². The highest BCUT2D eigenvalue weighted by molar-refractivity contribution is 7.88. The molecule has 3 N–H and O–H groups in total. The summed E-state index contributed by atoms with van der Waals surface area (Å²) in [4.78, 5) is 14.9. The maximum atomic E-state index is 12.7. The van der Waals surface area contributed by atoms with Crippen molar-refractivity contribution in [2.75, 3.05) is 11.6 Å². The lowest BCUT2D eigenvalue weighted by atomic mass is 10.0. The number of aromatic hydroxyl groups is 1. The molecule has 120 valence electrons. The van der Waals surface area contributed by atoms with Crippen LogP contribution in [0.2, 0.25) is 0 Å². The van der Waals surface area contributed by atoms with Crippen molar-refractivity contribution in [2.24, 2.45) is 0 Å². The van der Waals surface area contributed by atoms with E-state index in [1.165, 1.54) is 6.07 Å².